The van der Waals surface area contributed by atoms with Gasteiger partial charge in [0.25, 0.3) is 0 Å². The molecule has 1 saturated heterocycles. The highest BCUT2D eigenvalue weighted by Gasteiger charge is 2.53. The maximum atomic E-state index is 12.6. The summed E-state index contributed by atoms with van der Waals surface area (Å²) in [6.07, 6.45) is 2.81. The number of hydrogen-bond donors (Lipinski definition) is 1. The quantitative estimate of drug-likeness (QED) is 0.556. The Hall–Kier alpha value is -3.51. The van der Waals surface area contributed by atoms with E-state index < -0.39 is 6.09 Å². The normalized spacial score (nSPS) is 22.3. The topological polar surface area (TPSA) is 54.0 Å². The smallest absolute Gasteiger partial charge is 0.417 e. The van der Waals surface area contributed by atoms with Crippen molar-refractivity contribution in [2.75, 3.05) is 37.0 Å². The molecule has 180 valence electrons. The Morgan fingerprint density at radius 3 is 2.86 bits per heavy atom. The minimum Gasteiger partial charge on any atom is -0.493 e. The fraction of sp³-hybridized carbons (Fsp3) is 0.345. The van der Waals surface area contributed by atoms with Gasteiger partial charge in [0.05, 0.1) is 12.8 Å². The minimum atomic E-state index is -0.479. The summed E-state index contributed by atoms with van der Waals surface area (Å²) in [5.41, 5.74) is 5.67. The summed E-state index contributed by atoms with van der Waals surface area (Å²) in [7, 11) is 2.18. The Bertz CT molecular complexity index is 1260. The number of likely N-dealkylation sites (N-methyl/N-ethyl adjacent to an activating group) is 1. The molecule has 1 fully saturated rings. The van der Waals surface area contributed by atoms with Gasteiger partial charge in [-0.15, -0.1) is 0 Å². The number of carbonyl (C=O) groups excluding carboxylic acids is 1. The fourth-order valence-corrected chi connectivity index (χ4v) is 6.12. The van der Waals surface area contributed by atoms with Crippen LogP contribution in [0.2, 0.25) is 0 Å². The van der Waals surface area contributed by atoms with E-state index in [1.165, 1.54) is 16.8 Å². The summed E-state index contributed by atoms with van der Waals surface area (Å²) in [6, 6.07) is 22.4. The van der Waals surface area contributed by atoms with E-state index in [0.29, 0.717) is 18.5 Å². The molecule has 0 aromatic heterocycles. The maximum absolute atomic E-state index is 12.6. The molecule has 6 nitrogen and oxygen atoms in total. The van der Waals surface area contributed by atoms with E-state index in [0.717, 1.165) is 49.4 Å². The van der Waals surface area contributed by atoms with Gasteiger partial charge in [0, 0.05) is 43.3 Å². The monoisotopic (exact) mass is 469 g/mol. The van der Waals surface area contributed by atoms with Gasteiger partial charge in [-0.1, -0.05) is 37.3 Å². The first-order chi connectivity index (χ1) is 17.0. The molecule has 3 aromatic carbocycles. The second kappa shape index (κ2) is 8.61. The lowest BCUT2D eigenvalue weighted by Crippen LogP contribution is -2.47. The molecule has 1 unspecified atom stereocenters. The van der Waals surface area contributed by atoms with E-state index in [2.05, 4.69) is 71.6 Å². The summed E-state index contributed by atoms with van der Waals surface area (Å²) in [5.74, 6) is 1.47. The predicted octanol–water partition coefficient (Wildman–Crippen LogP) is 5.21. The van der Waals surface area contributed by atoms with Crippen molar-refractivity contribution in [2.24, 2.45) is 0 Å². The zero-order chi connectivity index (χ0) is 24.0. The highest BCUT2D eigenvalue weighted by Crippen LogP contribution is 2.52. The van der Waals surface area contributed by atoms with E-state index in [1.54, 1.807) is 0 Å². The van der Waals surface area contributed by atoms with Crippen LogP contribution in [0.3, 0.4) is 0 Å². The van der Waals surface area contributed by atoms with E-state index in [9.17, 15) is 4.79 Å². The Morgan fingerprint density at radius 2 is 2.00 bits per heavy atom. The second-order valence-corrected chi connectivity index (χ2v) is 10.0. The average molecular weight is 470 g/mol. The third-order valence-corrected chi connectivity index (χ3v) is 7.84. The number of benzene rings is 3. The number of carbonyl (C=O) groups is 1. The van der Waals surface area contributed by atoms with Crippen LogP contribution in [0.15, 0.2) is 66.7 Å². The molecule has 3 heterocycles. The van der Waals surface area contributed by atoms with Crippen molar-refractivity contribution in [2.45, 2.75) is 37.8 Å². The zero-order valence-corrected chi connectivity index (χ0v) is 20.3. The number of rotatable bonds is 5. The lowest BCUT2D eigenvalue weighted by molar-refractivity contribution is 0.215. The van der Waals surface area contributed by atoms with Gasteiger partial charge in [-0.2, -0.15) is 0 Å². The molecule has 0 radical (unpaired) electrons. The number of fused-ring (bicyclic) bond motifs is 4. The number of likely N-dealkylation sites (tertiary alicyclic amines) is 1. The molecule has 6 rings (SSSR count). The third-order valence-electron chi connectivity index (χ3n) is 7.84. The average Bonchev–Trinajstić information content (AvgIpc) is 3.52. The van der Waals surface area contributed by atoms with Crippen molar-refractivity contribution < 1.29 is 14.3 Å². The number of hydrogen-bond acceptors (Lipinski definition) is 5. The van der Waals surface area contributed by atoms with Crippen LogP contribution in [-0.2, 0) is 18.3 Å². The lowest BCUT2D eigenvalue weighted by Gasteiger charge is -2.34. The molecule has 2 atom stereocenters. The number of nitrogens with zero attached hydrogens (tertiary/aromatic N) is 2. The van der Waals surface area contributed by atoms with Gasteiger partial charge in [0.1, 0.15) is 11.5 Å². The van der Waals surface area contributed by atoms with Crippen molar-refractivity contribution in [1.29, 1.82) is 0 Å². The lowest BCUT2D eigenvalue weighted by atomic mass is 9.81. The van der Waals surface area contributed by atoms with Crippen molar-refractivity contribution in [1.82, 2.24) is 4.90 Å². The van der Waals surface area contributed by atoms with Crippen LogP contribution in [0.5, 0.6) is 11.5 Å². The molecule has 3 aliphatic heterocycles. The van der Waals surface area contributed by atoms with Crippen molar-refractivity contribution >= 4 is 17.5 Å². The van der Waals surface area contributed by atoms with Gasteiger partial charge in [0.2, 0.25) is 0 Å². The molecule has 0 spiro atoms. The van der Waals surface area contributed by atoms with Crippen LogP contribution in [0, 0.1) is 0 Å². The Balaban J connectivity index is 1.16. The van der Waals surface area contributed by atoms with Crippen molar-refractivity contribution in [3.8, 4) is 11.5 Å². The number of nitrogens with one attached hydrogen (secondary N) is 1. The minimum absolute atomic E-state index is 0.00337. The summed E-state index contributed by atoms with van der Waals surface area (Å²) in [6.45, 7) is 5.13. The molecule has 1 amide bonds. The molecule has 3 aromatic rings. The number of anilines is 2. The molecule has 1 N–H and O–H groups in total. The predicted molar refractivity (Wildman–Crippen MR) is 138 cm³/mol. The zero-order valence-electron chi connectivity index (χ0n) is 20.3. The van der Waals surface area contributed by atoms with Crippen LogP contribution in [0.1, 0.15) is 30.0 Å². The number of ether oxygens (including phenoxy) is 2. The standard InChI is InChI=1S/C29H31N3O3/c1-29-14-16-32(15-12-20-6-4-3-5-7-20)27(29)31(2)25-10-9-23(19-24(25)29)35-28(33)30-22-8-11-26-21(18-22)13-17-34-26/h3-11,18-19,27H,12-17H2,1-2H3,(H,30,33)/t27?,29-/m0/s1. The Morgan fingerprint density at radius 1 is 1.14 bits per heavy atom. The molecule has 0 bridgehead atoms. The molecule has 0 aliphatic carbocycles. The van der Waals surface area contributed by atoms with E-state index in [4.69, 9.17) is 9.47 Å². The first kappa shape index (κ1) is 22.0. The largest absolute Gasteiger partial charge is 0.493 e. The van der Waals surface area contributed by atoms with Gasteiger partial charge in [-0.3, -0.25) is 10.2 Å². The summed E-state index contributed by atoms with van der Waals surface area (Å²) in [4.78, 5) is 17.6. The molecular weight excluding hydrogens is 438 g/mol. The van der Waals surface area contributed by atoms with E-state index >= 15 is 0 Å². The first-order valence-corrected chi connectivity index (χ1v) is 12.4. The fourth-order valence-electron chi connectivity index (χ4n) is 6.12. The van der Waals surface area contributed by atoms with Gasteiger partial charge >= 0.3 is 6.09 Å². The van der Waals surface area contributed by atoms with Crippen LogP contribution in [0.4, 0.5) is 16.2 Å². The highest BCUT2D eigenvalue weighted by atomic mass is 16.6. The summed E-state index contributed by atoms with van der Waals surface area (Å²) < 4.78 is 11.3. The molecule has 35 heavy (non-hydrogen) atoms. The van der Waals surface area contributed by atoms with Crippen LogP contribution in [0.25, 0.3) is 0 Å². The Kier molecular flexibility index (Phi) is 5.41. The highest BCUT2D eigenvalue weighted by molar-refractivity contribution is 5.87. The second-order valence-electron chi connectivity index (χ2n) is 10.0. The SMILES string of the molecule is CN1c2ccc(OC(=O)Nc3ccc4c(c3)CCO4)cc2[C@]2(C)CCN(CCc3ccccc3)C12. The molecule has 6 heteroatoms. The third kappa shape index (κ3) is 3.92. The summed E-state index contributed by atoms with van der Waals surface area (Å²) in [5, 5.41) is 2.86. The maximum Gasteiger partial charge on any atom is 0.417 e. The molecule has 0 saturated carbocycles. The summed E-state index contributed by atoms with van der Waals surface area (Å²) >= 11 is 0. The van der Waals surface area contributed by atoms with Gasteiger partial charge in [0.15, 0.2) is 0 Å². The molecule has 3 aliphatic rings. The first-order valence-electron chi connectivity index (χ1n) is 12.4. The van der Waals surface area contributed by atoms with Crippen molar-refractivity contribution in [3.05, 3.63) is 83.4 Å². The van der Waals surface area contributed by atoms with Crippen LogP contribution < -0.4 is 19.7 Å². The van der Waals surface area contributed by atoms with Crippen LogP contribution >= 0.6 is 0 Å². The van der Waals surface area contributed by atoms with Crippen LogP contribution in [-0.4, -0.2) is 43.9 Å². The van der Waals surface area contributed by atoms with Gasteiger partial charge in [-0.05, 0) is 65.9 Å². The van der Waals surface area contributed by atoms with Crippen molar-refractivity contribution in [3.63, 3.8) is 0 Å². The van der Waals surface area contributed by atoms with Gasteiger partial charge < -0.3 is 14.4 Å². The number of amides is 1. The molecular formula is C29H31N3O3. The van der Waals surface area contributed by atoms with E-state index in [1.807, 2.05) is 24.3 Å². The Labute approximate surface area is 206 Å². The van der Waals surface area contributed by atoms with E-state index in [-0.39, 0.29) is 5.41 Å². The van der Waals surface area contributed by atoms with Gasteiger partial charge in [-0.25, -0.2) is 4.79 Å².